The number of nitrogens with zero attached hydrogens (tertiary/aromatic N) is 1. The molecule has 0 aliphatic heterocycles. The average molecular weight is 510 g/mol. The molecule has 0 radical (unpaired) electrons. The fraction of sp³-hybridized carbons (Fsp3) is 0.267. The second-order valence-corrected chi connectivity index (χ2v) is 7.49. The van der Waals surface area contributed by atoms with Crippen LogP contribution in [0, 0.1) is 3.57 Å². The van der Waals surface area contributed by atoms with Gasteiger partial charge < -0.3 is 5.32 Å². The highest BCUT2D eigenvalue weighted by Gasteiger charge is 2.15. The maximum absolute atomic E-state index is 4.25. The van der Waals surface area contributed by atoms with Crippen molar-refractivity contribution in [1.82, 2.24) is 10.3 Å². The fourth-order valence-electron chi connectivity index (χ4n) is 2.12. The van der Waals surface area contributed by atoms with E-state index < -0.39 is 0 Å². The molecule has 2 aromatic rings. The number of pyridine rings is 1. The van der Waals surface area contributed by atoms with Crippen LogP contribution >= 0.6 is 54.5 Å². The molecule has 0 aliphatic rings. The summed E-state index contributed by atoms with van der Waals surface area (Å²) >= 11 is 9.44. The van der Waals surface area contributed by atoms with Crippen LogP contribution in [0.3, 0.4) is 0 Å². The van der Waals surface area contributed by atoms with Crippen LogP contribution in [0.4, 0.5) is 0 Å². The lowest BCUT2D eigenvalue weighted by molar-refractivity contribution is 0.546. The van der Waals surface area contributed by atoms with E-state index >= 15 is 0 Å². The quantitative estimate of drug-likeness (QED) is 0.567. The first-order valence-electron chi connectivity index (χ1n) is 6.38. The van der Waals surface area contributed by atoms with Crippen LogP contribution < -0.4 is 5.32 Å². The van der Waals surface area contributed by atoms with E-state index in [-0.39, 0.29) is 0 Å². The van der Waals surface area contributed by atoms with Crippen molar-refractivity contribution in [2.75, 3.05) is 6.54 Å². The van der Waals surface area contributed by atoms with Crippen LogP contribution in [0.15, 0.2) is 45.6 Å². The zero-order valence-corrected chi connectivity index (χ0v) is 16.4. The summed E-state index contributed by atoms with van der Waals surface area (Å²) in [5, 5.41) is 3.57. The zero-order chi connectivity index (χ0) is 14.5. The Morgan fingerprint density at radius 1 is 1.20 bits per heavy atom. The third-order valence-corrected chi connectivity index (χ3v) is 4.89. The summed E-state index contributed by atoms with van der Waals surface area (Å²) in [4.78, 5) is 4.25. The molecule has 0 fully saturated rings. The Kier molecular flexibility index (Phi) is 6.45. The Morgan fingerprint density at radius 3 is 2.70 bits per heavy atom. The van der Waals surface area contributed by atoms with Crippen molar-refractivity contribution < 1.29 is 0 Å². The number of halogens is 3. The van der Waals surface area contributed by atoms with Gasteiger partial charge in [-0.2, -0.15) is 0 Å². The minimum atomic E-state index is 0.292. The molecule has 106 valence electrons. The Morgan fingerprint density at radius 2 is 2.00 bits per heavy atom. The molecule has 1 atom stereocenters. The number of nitrogens with one attached hydrogen (secondary N) is 1. The van der Waals surface area contributed by atoms with E-state index in [4.69, 9.17) is 0 Å². The first-order chi connectivity index (χ1) is 9.60. The van der Waals surface area contributed by atoms with E-state index in [1.54, 1.807) is 0 Å². The molecule has 0 amide bonds. The van der Waals surface area contributed by atoms with Crippen molar-refractivity contribution in [3.8, 4) is 0 Å². The van der Waals surface area contributed by atoms with E-state index in [9.17, 15) is 0 Å². The monoisotopic (exact) mass is 508 g/mol. The SMILES string of the molecule is CCNC(Cc1cncc(Br)c1)c1cc(Br)ccc1I. The molecule has 1 unspecified atom stereocenters. The van der Waals surface area contributed by atoms with E-state index in [2.05, 4.69) is 95.9 Å². The van der Waals surface area contributed by atoms with Gasteiger partial charge in [0.05, 0.1) is 0 Å². The standard InChI is InChI=1S/C15H15Br2IN2/c1-2-20-15(6-10-5-12(17)9-19-8-10)13-7-11(16)3-4-14(13)18/h3-5,7-9,15,20H,2,6H2,1H3. The Balaban J connectivity index is 2.29. The van der Waals surface area contributed by atoms with Gasteiger partial charge in [-0.25, -0.2) is 0 Å². The molecule has 1 N–H and O–H groups in total. The van der Waals surface area contributed by atoms with Crippen LogP contribution in [0.1, 0.15) is 24.1 Å². The van der Waals surface area contributed by atoms with Gasteiger partial charge in [-0.3, -0.25) is 4.98 Å². The molecule has 1 aromatic heterocycles. The highest BCUT2D eigenvalue weighted by molar-refractivity contribution is 14.1. The van der Waals surface area contributed by atoms with Gasteiger partial charge in [-0.15, -0.1) is 0 Å². The Bertz CT molecular complexity index is 590. The lowest BCUT2D eigenvalue weighted by atomic mass is 10.00. The van der Waals surface area contributed by atoms with Gasteiger partial charge in [-0.05, 0) is 86.9 Å². The predicted molar refractivity (Wildman–Crippen MR) is 98.9 cm³/mol. The second-order valence-electron chi connectivity index (χ2n) is 4.49. The molecule has 1 heterocycles. The molecular weight excluding hydrogens is 495 g/mol. The molecule has 2 rings (SSSR count). The van der Waals surface area contributed by atoms with Crippen molar-refractivity contribution in [1.29, 1.82) is 0 Å². The van der Waals surface area contributed by atoms with E-state index in [0.29, 0.717) is 6.04 Å². The summed E-state index contributed by atoms with van der Waals surface area (Å²) < 4.78 is 3.41. The van der Waals surface area contributed by atoms with Crippen molar-refractivity contribution in [3.63, 3.8) is 0 Å². The second kappa shape index (κ2) is 7.87. The van der Waals surface area contributed by atoms with E-state index in [0.717, 1.165) is 21.9 Å². The Labute approximate surface area is 150 Å². The van der Waals surface area contributed by atoms with Gasteiger partial charge in [0.2, 0.25) is 0 Å². The van der Waals surface area contributed by atoms with Gasteiger partial charge in [0.15, 0.2) is 0 Å². The van der Waals surface area contributed by atoms with Crippen molar-refractivity contribution in [2.45, 2.75) is 19.4 Å². The summed E-state index contributed by atoms with van der Waals surface area (Å²) in [5.74, 6) is 0. The molecule has 0 saturated carbocycles. The topological polar surface area (TPSA) is 24.9 Å². The van der Waals surface area contributed by atoms with E-state index in [1.807, 2.05) is 12.4 Å². The molecule has 20 heavy (non-hydrogen) atoms. The van der Waals surface area contributed by atoms with Gasteiger partial charge in [0.25, 0.3) is 0 Å². The number of likely N-dealkylation sites (N-methyl/N-ethyl adjacent to an activating group) is 1. The predicted octanol–water partition coefficient (Wildman–Crippen LogP) is 5.10. The summed E-state index contributed by atoms with van der Waals surface area (Å²) in [6, 6.07) is 8.83. The lowest BCUT2D eigenvalue weighted by Gasteiger charge is -2.20. The maximum atomic E-state index is 4.25. The fourth-order valence-corrected chi connectivity index (χ4v) is 3.63. The first kappa shape index (κ1) is 16.4. The summed E-state index contributed by atoms with van der Waals surface area (Å²) in [5.41, 5.74) is 2.54. The van der Waals surface area contributed by atoms with Gasteiger partial charge in [0.1, 0.15) is 0 Å². The summed E-state index contributed by atoms with van der Waals surface area (Å²) in [6.07, 6.45) is 4.67. The lowest BCUT2D eigenvalue weighted by Crippen LogP contribution is -2.24. The molecular formula is C15H15Br2IN2. The highest BCUT2D eigenvalue weighted by Crippen LogP contribution is 2.27. The smallest absolute Gasteiger partial charge is 0.0410 e. The molecule has 0 saturated heterocycles. The largest absolute Gasteiger partial charge is 0.310 e. The van der Waals surface area contributed by atoms with Gasteiger partial charge >= 0.3 is 0 Å². The third kappa shape index (κ3) is 4.51. The molecule has 0 aliphatic carbocycles. The van der Waals surface area contributed by atoms with Crippen LogP contribution in [0.5, 0.6) is 0 Å². The minimum absolute atomic E-state index is 0.292. The number of aromatic nitrogens is 1. The van der Waals surface area contributed by atoms with Crippen molar-refractivity contribution in [2.24, 2.45) is 0 Å². The van der Waals surface area contributed by atoms with Crippen molar-refractivity contribution >= 4 is 54.5 Å². The molecule has 0 bridgehead atoms. The van der Waals surface area contributed by atoms with Crippen LogP contribution in [-0.4, -0.2) is 11.5 Å². The zero-order valence-electron chi connectivity index (χ0n) is 11.0. The van der Waals surface area contributed by atoms with E-state index in [1.165, 1.54) is 14.7 Å². The van der Waals surface area contributed by atoms with Gasteiger partial charge in [-0.1, -0.05) is 22.9 Å². The molecule has 5 heteroatoms. The van der Waals surface area contributed by atoms with Crippen LogP contribution in [-0.2, 0) is 6.42 Å². The number of benzene rings is 1. The maximum Gasteiger partial charge on any atom is 0.0410 e. The summed E-state index contributed by atoms with van der Waals surface area (Å²) in [7, 11) is 0. The van der Waals surface area contributed by atoms with Gasteiger partial charge in [0, 0.05) is 31.0 Å². The number of hydrogen-bond donors (Lipinski definition) is 1. The van der Waals surface area contributed by atoms with Crippen LogP contribution in [0.2, 0.25) is 0 Å². The average Bonchev–Trinajstić information content (AvgIpc) is 2.41. The highest BCUT2D eigenvalue weighted by atomic mass is 127. The molecule has 0 spiro atoms. The summed E-state index contributed by atoms with van der Waals surface area (Å²) in [6.45, 7) is 3.08. The minimum Gasteiger partial charge on any atom is -0.310 e. The number of hydrogen-bond acceptors (Lipinski definition) is 2. The normalized spacial score (nSPS) is 12.4. The molecule has 1 aromatic carbocycles. The number of rotatable bonds is 5. The third-order valence-electron chi connectivity index (χ3n) is 2.99. The first-order valence-corrected chi connectivity index (χ1v) is 9.04. The van der Waals surface area contributed by atoms with Crippen molar-refractivity contribution in [3.05, 3.63) is 60.3 Å². The van der Waals surface area contributed by atoms with Crippen LogP contribution in [0.25, 0.3) is 0 Å². The molecule has 2 nitrogen and oxygen atoms in total. The Hall–Kier alpha value is 0.0200.